The number of carboxylic acids is 1. The summed E-state index contributed by atoms with van der Waals surface area (Å²) >= 11 is 0. The molecule has 1 amide bonds. The van der Waals surface area contributed by atoms with Crippen LogP contribution in [-0.2, 0) is 16.1 Å². The number of nitrogens with two attached hydrogens (primary N) is 1. The highest BCUT2D eigenvalue weighted by molar-refractivity contribution is 5.80. The summed E-state index contributed by atoms with van der Waals surface area (Å²) in [5, 5.41) is 9.31. The molecule has 7 nitrogen and oxygen atoms in total. The summed E-state index contributed by atoms with van der Waals surface area (Å²) in [4.78, 5) is 28.1. The summed E-state index contributed by atoms with van der Waals surface area (Å²) in [7, 11) is 1.57. The third kappa shape index (κ3) is 3.50. The first-order valence-corrected chi connectivity index (χ1v) is 6.49. The fourth-order valence-electron chi connectivity index (χ4n) is 2.22. The van der Waals surface area contributed by atoms with E-state index in [0.717, 1.165) is 11.3 Å². The first-order chi connectivity index (χ1) is 10.0. The molecule has 0 bridgehead atoms. The normalized spacial score (nSPS) is 14.4. The van der Waals surface area contributed by atoms with Gasteiger partial charge in [-0.05, 0) is 24.6 Å². The van der Waals surface area contributed by atoms with Crippen LogP contribution >= 0.6 is 0 Å². The Balaban J connectivity index is 2.17. The maximum absolute atomic E-state index is 11.4. The molecule has 2 rings (SSSR count). The molecule has 0 spiro atoms. The molecule has 1 aromatic rings. The molecule has 0 aromatic heterocycles. The van der Waals surface area contributed by atoms with Crippen LogP contribution in [0.25, 0.3) is 0 Å². The number of ether oxygens (including phenoxy) is 1. The lowest BCUT2D eigenvalue weighted by Gasteiger charge is -2.29. The van der Waals surface area contributed by atoms with Gasteiger partial charge in [0, 0.05) is 18.5 Å². The number of methoxy groups -OCH3 is 1. The van der Waals surface area contributed by atoms with E-state index in [-0.39, 0.29) is 12.8 Å². The van der Waals surface area contributed by atoms with Crippen LogP contribution in [-0.4, -0.2) is 41.4 Å². The van der Waals surface area contributed by atoms with Crippen LogP contribution in [0.5, 0.6) is 5.75 Å². The van der Waals surface area contributed by atoms with Gasteiger partial charge in [-0.1, -0.05) is 0 Å². The number of aliphatic carboxylic acids is 1. The SMILES string of the molecule is COc1ccc2c(c1)CN(C(CCC(N)=O)C(=O)O)C=N2. The molecule has 112 valence electrons. The third-order valence-electron chi connectivity index (χ3n) is 3.33. The van der Waals surface area contributed by atoms with Crippen molar-refractivity contribution in [1.82, 2.24) is 4.90 Å². The van der Waals surface area contributed by atoms with Crippen molar-refractivity contribution in [2.75, 3.05) is 7.11 Å². The van der Waals surface area contributed by atoms with Gasteiger partial charge in [-0.3, -0.25) is 4.79 Å². The van der Waals surface area contributed by atoms with Crippen molar-refractivity contribution in [2.24, 2.45) is 10.7 Å². The number of rotatable bonds is 6. The number of hydrogen-bond donors (Lipinski definition) is 2. The zero-order valence-corrected chi connectivity index (χ0v) is 11.7. The van der Waals surface area contributed by atoms with Crippen LogP contribution < -0.4 is 10.5 Å². The van der Waals surface area contributed by atoms with Crippen molar-refractivity contribution in [3.8, 4) is 5.75 Å². The molecule has 21 heavy (non-hydrogen) atoms. The number of benzene rings is 1. The number of carbonyl (C=O) groups excluding carboxylic acids is 1. The Morgan fingerprint density at radius 2 is 2.29 bits per heavy atom. The van der Waals surface area contributed by atoms with E-state index in [9.17, 15) is 14.7 Å². The van der Waals surface area contributed by atoms with E-state index in [2.05, 4.69) is 4.99 Å². The molecule has 1 aliphatic rings. The van der Waals surface area contributed by atoms with Crippen LogP contribution in [0.1, 0.15) is 18.4 Å². The van der Waals surface area contributed by atoms with Gasteiger partial charge in [-0.2, -0.15) is 0 Å². The Labute approximate surface area is 122 Å². The van der Waals surface area contributed by atoms with E-state index >= 15 is 0 Å². The molecule has 1 unspecified atom stereocenters. The molecule has 1 heterocycles. The lowest BCUT2D eigenvalue weighted by atomic mass is 10.1. The van der Waals surface area contributed by atoms with Gasteiger partial charge in [0.15, 0.2) is 0 Å². The van der Waals surface area contributed by atoms with Crippen LogP contribution in [0.2, 0.25) is 0 Å². The van der Waals surface area contributed by atoms with Crippen molar-refractivity contribution >= 4 is 23.9 Å². The minimum atomic E-state index is -1.01. The van der Waals surface area contributed by atoms with Crippen molar-refractivity contribution < 1.29 is 19.4 Å². The van der Waals surface area contributed by atoms with Gasteiger partial charge in [0.05, 0.1) is 19.1 Å². The molecular formula is C14H17N3O4. The maximum atomic E-state index is 11.4. The van der Waals surface area contributed by atoms with Gasteiger partial charge in [0.2, 0.25) is 5.91 Å². The Morgan fingerprint density at radius 1 is 1.52 bits per heavy atom. The molecule has 0 fully saturated rings. The van der Waals surface area contributed by atoms with Gasteiger partial charge in [0.25, 0.3) is 0 Å². The van der Waals surface area contributed by atoms with Gasteiger partial charge < -0.3 is 20.5 Å². The fraction of sp³-hybridized carbons (Fsp3) is 0.357. The molecular weight excluding hydrogens is 274 g/mol. The average molecular weight is 291 g/mol. The Morgan fingerprint density at radius 3 is 2.90 bits per heavy atom. The average Bonchev–Trinajstić information content (AvgIpc) is 2.46. The van der Waals surface area contributed by atoms with E-state index < -0.39 is 17.9 Å². The number of aliphatic imine (C=N–C) groups is 1. The summed E-state index contributed by atoms with van der Waals surface area (Å²) in [6.07, 6.45) is 1.66. The second kappa shape index (κ2) is 6.25. The largest absolute Gasteiger partial charge is 0.497 e. The summed E-state index contributed by atoms with van der Waals surface area (Å²) in [6.45, 7) is 0.395. The summed E-state index contributed by atoms with van der Waals surface area (Å²) in [5.41, 5.74) is 6.74. The molecule has 1 atom stereocenters. The number of amides is 1. The quantitative estimate of drug-likeness (QED) is 0.809. The third-order valence-corrected chi connectivity index (χ3v) is 3.33. The minimum absolute atomic E-state index is 0.0201. The molecule has 1 aromatic carbocycles. The maximum Gasteiger partial charge on any atom is 0.326 e. The van der Waals surface area contributed by atoms with Crippen LogP contribution in [0, 0.1) is 0 Å². The number of carboxylic acid groups (broad SMARTS) is 1. The lowest BCUT2D eigenvalue weighted by Crippen LogP contribution is -2.41. The van der Waals surface area contributed by atoms with E-state index in [4.69, 9.17) is 10.5 Å². The van der Waals surface area contributed by atoms with E-state index in [0.29, 0.717) is 12.3 Å². The van der Waals surface area contributed by atoms with Crippen LogP contribution in [0.4, 0.5) is 5.69 Å². The van der Waals surface area contributed by atoms with Gasteiger partial charge in [-0.25, -0.2) is 9.79 Å². The van der Waals surface area contributed by atoms with Gasteiger partial charge in [-0.15, -0.1) is 0 Å². The van der Waals surface area contributed by atoms with Gasteiger partial charge in [0.1, 0.15) is 11.8 Å². The Bertz CT molecular complexity index is 586. The standard InChI is InChI=1S/C14H17N3O4/c1-21-10-2-3-11-9(6-10)7-17(8-16-11)12(14(19)20)4-5-13(15)18/h2-3,6,8,12H,4-5,7H2,1H3,(H2,15,18)(H,19,20). The molecule has 0 radical (unpaired) electrons. The number of nitrogens with zero attached hydrogens (tertiary/aromatic N) is 2. The summed E-state index contributed by atoms with van der Waals surface area (Å²) in [6, 6.07) is 4.61. The Hall–Kier alpha value is -2.57. The predicted molar refractivity (Wildman–Crippen MR) is 76.5 cm³/mol. The van der Waals surface area contributed by atoms with Crippen LogP contribution in [0.3, 0.4) is 0 Å². The lowest BCUT2D eigenvalue weighted by molar-refractivity contribution is -0.142. The molecule has 0 saturated heterocycles. The van der Waals surface area contributed by atoms with Crippen LogP contribution in [0.15, 0.2) is 23.2 Å². The molecule has 3 N–H and O–H groups in total. The fourth-order valence-corrected chi connectivity index (χ4v) is 2.22. The summed E-state index contributed by atoms with van der Waals surface area (Å²) in [5.74, 6) is -0.832. The number of hydrogen-bond acceptors (Lipinski definition) is 5. The second-order valence-electron chi connectivity index (χ2n) is 4.77. The minimum Gasteiger partial charge on any atom is -0.497 e. The van der Waals surface area contributed by atoms with Crippen molar-refractivity contribution in [2.45, 2.75) is 25.4 Å². The molecule has 1 aliphatic heterocycles. The Kier molecular flexibility index (Phi) is 4.42. The second-order valence-corrected chi connectivity index (χ2v) is 4.77. The van der Waals surface area contributed by atoms with Gasteiger partial charge >= 0.3 is 5.97 Å². The van der Waals surface area contributed by atoms with E-state index in [1.54, 1.807) is 18.1 Å². The zero-order chi connectivity index (χ0) is 15.4. The molecule has 0 aliphatic carbocycles. The smallest absolute Gasteiger partial charge is 0.326 e. The highest BCUT2D eigenvalue weighted by Crippen LogP contribution is 2.29. The van der Waals surface area contributed by atoms with E-state index in [1.807, 2.05) is 12.1 Å². The van der Waals surface area contributed by atoms with E-state index in [1.165, 1.54) is 6.34 Å². The summed E-state index contributed by atoms with van der Waals surface area (Å²) < 4.78 is 5.15. The molecule has 7 heteroatoms. The highest BCUT2D eigenvalue weighted by atomic mass is 16.5. The number of fused-ring (bicyclic) bond motifs is 1. The monoisotopic (exact) mass is 291 g/mol. The van der Waals surface area contributed by atoms with Crippen molar-refractivity contribution in [3.05, 3.63) is 23.8 Å². The topological polar surface area (TPSA) is 105 Å². The highest BCUT2D eigenvalue weighted by Gasteiger charge is 2.26. The first-order valence-electron chi connectivity index (χ1n) is 6.49. The predicted octanol–water partition coefficient (Wildman–Crippen LogP) is 0.889. The zero-order valence-electron chi connectivity index (χ0n) is 11.7. The van der Waals surface area contributed by atoms with Crippen molar-refractivity contribution in [3.63, 3.8) is 0 Å². The number of carbonyl (C=O) groups is 2. The number of primary amides is 1. The molecule has 0 saturated carbocycles. The van der Waals surface area contributed by atoms with Crippen molar-refractivity contribution in [1.29, 1.82) is 0 Å². The first kappa shape index (κ1) is 14.8.